The lowest BCUT2D eigenvalue weighted by Gasteiger charge is -2.34. The molecular weight excluding hydrogens is 421 g/mol. The van der Waals surface area contributed by atoms with E-state index in [1.807, 2.05) is 36.4 Å². The molecule has 1 aromatic carbocycles. The molecule has 0 aliphatic carbocycles. The quantitative estimate of drug-likeness (QED) is 0.688. The zero-order valence-electron chi connectivity index (χ0n) is 19.5. The Hall–Kier alpha value is -2.51. The molecule has 2 aromatic rings. The zero-order valence-corrected chi connectivity index (χ0v) is 19.5. The van der Waals surface area contributed by atoms with Crippen LogP contribution in [0.2, 0.25) is 0 Å². The first-order valence-corrected chi connectivity index (χ1v) is 11.8. The average molecular weight is 456 g/mol. The lowest BCUT2D eigenvalue weighted by atomic mass is 9.97. The van der Waals surface area contributed by atoms with E-state index in [4.69, 9.17) is 4.74 Å². The number of pyridine rings is 1. The highest BCUT2D eigenvalue weighted by Gasteiger charge is 2.26. The molecule has 1 unspecified atom stereocenters. The molecule has 33 heavy (non-hydrogen) atoms. The monoisotopic (exact) mass is 455 g/mol. The highest BCUT2D eigenvalue weighted by atomic mass is 19.1. The van der Waals surface area contributed by atoms with Crippen molar-refractivity contribution in [1.29, 1.82) is 0 Å². The number of piperidine rings is 1. The fourth-order valence-corrected chi connectivity index (χ4v) is 4.60. The minimum atomic E-state index is -1.15. The lowest BCUT2D eigenvalue weighted by Crippen LogP contribution is -2.41. The summed E-state index contributed by atoms with van der Waals surface area (Å²) in [6, 6.07) is 11.3. The molecular formula is C26H34FN3O3. The number of hydrogen-bond acceptors (Lipinski definition) is 5. The van der Waals surface area contributed by atoms with Crippen LogP contribution in [-0.4, -0.2) is 76.9 Å². The van der Waals surface area contributed by atoms with E-state index in [9.17, 15) is 14.3 Å². The van der Waals surface area contributed by atoms with Crippen LogP contribution in [0.1, 0.15) is 43.5 Å². The van der Waals surface area contributed by atoms with Crippen molar-refractivity contribution < 1.29 is 19.0 Å². The van der Waals surface area contributed by atoms with Gasteiger partial charge >= 0.3 is 0 Å². The van der Waals surface area contributed by atoms with Crippen LogP contribution in [0.4, 0.5) is 4.39 Å². The van der Waals surface area contributed by atoms with Gasteiger partial charge in [0.1, 0.15) is 5.67 Å². The zero-order chi connectivity index (χ0) is 23.4. The van der Waals surface area contributed by atoms with Crippen LogP contribution >= 0.6 is 0 Å². The third kappa shape index (κ3) is 6.51. The molecule has 0 bridgehead atoms. The number of nitrogens with zero attached hydrogens (tertiary/aromatic N) is 3. The lowest BCUT2D eigenvalue weighted by molar-refractivity contribution is 0.0765. The van der Waals surface area contributed by atoms with Crippen LogP contribution in [0.3, 0.4) is 0 Å². The number of alkyl halides is 1. The maximum atomic E-state index is 13.8. The van der Waals surface area contributed by atoms with E-state index in [-0.39, 0.29) is 5.91 Å². The molecule has 4 rings (SSSR count). The highest BCUT2D eigenvalue weighted by Crippen LogP contribution is 2.24. The number of carbonyl (C=O) groups excluding carboxylic acids is 1. The van der Waals surface area contributed by atoms with E-state index in [0.29, 0.717) is 50.0 Å². The van der Waals surface area contributed by atoms with Crippen LogP contribution < -0.4 is 4.74 Å². The summed E-state index contributed by atoms with van der Waals surface area (Å²) in [4.78, 5) is 20.9. The third-order valence-electron chi connectivity index (χ3n) is 6.43. The number of halogens is 1. The summed E-state index contributed by atoms with van der Waals surface area (Å²) < 4.78 is 19.7. The van der Waals surface area contributed by atoms with E-state index in [2.05, 4.69) is 9.88 Å². The first-order valence-electron chi connectivity index (χ1n) is 11.8. The van der Waals surface area contributed by atoms with E-state index < -0.39 is 11.8 Å². The number of aromatic nitrogens is 1. The summed E-state index contributed by atoms with van der Waals surface area (Å²) in [6.07, 6.45) is 4.03. The van der Waals surface area contributed by atoms with Gasteiger partial charge in [0.15, 0.2) is 0 Å². The predicted octanol–water partition coefficient (Wildman–Crippen LogP) is 3.79. The summed E-state index contributed by atoms with van der Waals surface area (Å²) >= 11 is 0. The van der Waals surface area contributed by atoms with Crippen molar-refractivity contribution in [2.75, 3.05) is 39.3 Å². The number of benzene rings is 1. The van der Waals surface area contributed by atoms with Gasteiger partial charge < -0.3 is 19.6 Å². The average Bonchev–Trinajstić information content (AvgIpc) is 3.24. The van der Waals surface area contributed by atoms with Crippen LogP contribution in [0, 0.1) is 5.92 Å². The van der Waals surface area contributed by atoms with Gasteiger partial charge in [-0.1, -0.05) is 12.1 Å². The maximum absolute atomic E-state index is 13.8. The number of amides is 1. The van der Waals surface area contributed by atoms with Crippen molar-refractivity contribution >= 4 is 5.91 Å². The number of carbonyl (C=O) groups is 1. The summed E-state index contributed by atoms with van der Waals surface area (Å²) in [5.74, 6) is 1.02. The fourth-order valence-electron chi connectivity index (χ4n) is 4.60. The van der Waals surface area contributed by atoms with Crippen molar-refractivity contribution in [3.63, 3.8) is 0 Å². The Morgan fingerprint density at radius 3 is 2.36 bits per heavy atom. The molecule has 2 fully saturated rings. The minimum Gasteiger partial charge on any atom is -0.477 e. The van der Waals surface area contributed by atoms with Gasteiger partial charge in [0, 0.05) is 43.0 Å². The number of rotatable bonds is 7. The summed E-state index contributed by atoms with van der Waals surface area (Å²) in [6.45, 7) is 7.19. The van der Waals surface area contributed by atoms with Crippen LogP contribution in [0.25, 0.3) is 11.1 Å². The number of β-amino-alcohol motifs (C(OH)–C–C–N with tert-alkyl or cyclic N) is 1. The first-order chi connectivity index (χ1) is 15.8. The van der Waals surface area contributed by atoms with E-state index in [1.165, 1.54) is 0 Å². The van der Waals surface area contributed by atoms with Crippen LogP contribution in [0.5, 0.6) is 5.88 Å². The normalized spacial score (nSPS) is 20.2. The fraction of sp³-hybridized carbons (Fsp3) is 0.538. The molecule has 6 nitrogen and oxygen atoms in total. The summed E-state index contributed by atoms with van der Waals surface area (Å²) in [7, 11) is 0. The standard InChI is InChI=1S/C26H34FN3O3/c1-26(2,27)18-29-12-9-19(10-13-29)17-33-24-8-7-22(15-28-24)20-3-5-21(6-4-20)25(32)30-14-11-23(31)16-30/h3-8,15,19,23,31H,9-14,16-18H2,1-2H3. The van der Waals surface area contributed by atoms with Gasteiger partial charge in [-0.05, 0) is 75.9 Å². The molecule has 2 saturated heterocycles. The number of aliphatic hydroxyl groups excluding tert-OH is 1. The van der Waals surface area contributed by atoms with Gasteiger partial charge in [-0.2, -0.15) is 0 Å². The van der Waals surface area contributed by atoms with Gasteiger partial charge in [-0.3, -0.25) is 4.79 Å². The van der Waals surface area contributed by atoms with Gasteiger partial charge in [-0.25, -0.2) is 9.37 Å². The number of hydrogen-bond donors (Lipinski definition) is 1. The largest absolute Gasteiger partial charge is 0.477 e. The van der Waals surface area contributed by atoms with Gasteiger partial charge in [0.05, 0.1) is 12.7 Å². The SMILES string of the molecule is CC(C)(F)CN1CCC(COc2ccc(-c3ccc(C(=O)N4CCC(O)C4)cc3)cn2)CC1. The Balaban J connectivity index is 1.26. The molecule has 178 valence electrons. The van der Waals surface area contributed by atoms with Gasteiger partial charge in [0.25, 0.3) is 5.91 Å². The van der Waals surface area contributed by atoms with Crippen LogP contribution in [-0.2, 0) is 0 Å². The molecule has 0 radical (unpaired) electrons. The molecule has 2 aliphatic rings. The predicted molar refractivity (Wildman–Crippen MR) is 126 cm³/mol. The molecule has 1 amide bonds. The third-order valence-corrected chi connectivity index (χ3v) is 6.43. The van der Waals surface area contributed by atoms with Crippen molar-refractivity contribution in [2.24, 2.45) is 5.92 Å². The Bertz CT molecular complexity index is 919. The van der Waals surface area contributed by atoms with Crippen LogP contribution in [0.15, 0.2) is 42.6 Å². The van der Waals surface area contributed by atoms with E-state index in [0.717, 1.165) is 37.1 Å². The number of aliphatic hydroxyl groups is 1. The van der Waals surface area contributed by atoms with Crippen molar-refractivity contribution in [1.82, 2.24) is 14.8 Å². The Kier molecular flexibility index (Phi) is 7.29. The van der Waals surface area contributed by atoms with E-state index >= 15 is 0 Å². The Labute approximate surface area is 195 Å². The Morgan fingerprint density at radius 1 is 1.09 bits per heavy atom. The van der Waals surface area contributed by atoms with Gasteiger partial charge in [-0.15, -0.1) is 0 Å². The molecule has 2 aliphatic heterocycles. The second-order valence-electron chi connectivity index (χ2n) is 9.91. The molecule has 1 atom stereocenters. The molecule has 7 heteroatoms. The van der Waals surface area contributed by atoms with E-state index in [1.54, 1.807) is 24.9 Å². The molecule has 3 heterocycles. The number of ether oxygens (including phenoxy) is 1. The maximum Gasteiger partial charge on any atom is 0.253 e. The second-order valence-corrected chi connectivity index (χ2v) is 9.91. The Morgan fingerprint density at radius 2 is 1.79 bits per heavy atom. The molecule has 0 saturated carbocycles. The summed E-state index contributed by atoms with van der Waals surface area (Å²) in [5.41, 5.74) is 1.42. The van der Waals surface area contributed by atoms with Crippen molar-refractivity contribution in [3.8, 4) is 17.0 Å². The minimum absolute atomic E-state index is 0.0424. The topological polar surface area (TPSA) is 65.9 Å². The molecule has 1 aromatic heterocycles. The highest BCUT2D eigenvalue weighted by molar-refractivity contribution is 5.94. The van der Waals surface area contributed by atoms with Gasteiger partial charge in [0.2, 0.25) is 5.88 Å². The second kappa shape index (κ2) is 10.2. The first kappa shape index (κ1) is 23.6. The molecule has 0 spiro atoms. The molecule has 1 N–H and O–H groups in total. The smallest absolute Gasteiger partial charge is 0.253 e. The number of likely N-dealkylation sites (tertiary alicyclic amines) is 2. The van der Waals surface area contributed by atoms with Crippen molar-refractivity contribution in [2.45, 2.75) is 44.9 Å². The van der Waals surface area contributed by atoms with Crippen molar-refractivity contribution in [3.05, 3.63) is 48.2 Å². The summed E-state index contributed by atoms with van der Waals surface area (Å²) in [5, 5.41) is 9.64.